The van der Waals surface area contributed by atoms with Crippen LogP contribution in [0.1, 0.15) is 20.3 Å². The zero-order chi connectivity index (χ0) is 5.28. The van der Waals surface area contributed by atoms with E-state index in [-0.39, 0.29) is 0 Å². The molecule has 1 rings (SSSR count). The van der Waals surface area contributed by atoms with Gasteiger partial charge in [0, 0.05) is 6.04 Å². The third kappa shape index (κ3) is 0.778. The first-order valence-electron chi connectivity index (χ1n) is 3.08. The molecular weight excluding hydrogens is 86.1 g/mol. The molecule has 0 N–H and O–H groups in total. The zero-order valence-electron chi connectivity index (χ0n) is 5.15. The van der Waals surface area contributed by atoms with Crippen molar-refractivity contribution in [1.29, 1.82) is 0 Å². The SMILES string of the molecule is CCN1CCC1C. The number of nitrogens with zero attached hydrogens (tertiary/aromatic N) is 1. The molecule has 7 heavy (non-hydrogen) atoms. The Morgan fingerprint density at radius 2 is 2.43 bits per heavy atom. The van der Waals surface area contributed by atoms with Crippen LogP contribution in [0, 0.1) is 0 Å². The Labute approximate surface area is 45.3 Å². The molecule has 0 bridgehead atoms. The summed E-state index contributed by atoms with van der Waals surface area (Å²) >= 11 is 0. The fraction of sp³-hybridized carbons (Fsp3) is 1.00. The minimum atomic E-state index is 0.880. The van der Waals surface area contributed by atoms with Crippen LogP contribution >= 0.6 is 0 Å². The summed E-state index contributed by atoms with van der Waals surface area (Å²) in [5, 5.41) is 0. The molecule has 0 amide bonds. The van der Waals surface area contributed by atoms with Gasteiger partial charge in [-0.3, -0.25) is 0 Å². The summed E-state index contributed by atoms with van der Waals surface area (Å²) in [5.74, 6) is 0. The molecule has 0 saturated carbocycles. The maximum absolute atomic E-state index is 2.47. The summed E-state index contributed by atoms with van der Waals surface area (Å²) in [7, 11) is 0. The fourth-order valence-electron chi connectivity index (χ4n) is 1.04. The number of rotatable bonds is 1. The van der Waals surface area contributed by atoms with Crippen molar-refractivity contribution in [2.75, 3.05) is 13.1 Å². The Bertz CT molecular complexity index is 59.2. The van der Waals surface area contributed by atoms with Gasteiger partial charge < -0.3 is 4.90 Å². The highest BCUT2D eigenvalue weighted by molar-refractivity contribution is 4.76. The molecule has 0 aromatic heterocycles. The summed E-state index contributed by atoms with van der Waals surface area (Å²) in [6, 6.07) is 0.880. The largest absolute Gasteiger partial charge is 0.301 e. The summed E-state index contributed by atoms with van der Waals surface area (Å²) in [6.45, 7) is 7.07. The van der Waals surface area contributed by atoms with Gasteiger partial charge in [-0.1, -0.05) is 6.92 Å². The summed E-state index contributed by atoms with van der Waals surface area (Å²) in [6.07, 6.45) is 1.41. The van der Waals surface area contributed by atoms with E-state index in [9.17, 15) is 0 Å². The molecule has 1 unspecified atom stereocenters. The van der Waals surface area contributed by atoms with Gasteiger partial charge in [-0.25, -0.2) is 0 Å². The standard InChI is InChI=1S/C6H13N/c1-3-7-5-4-6(7)2/h6H,3-5H2,1-2H3. The maximum atomic E-state index is 2.47. The maximum Gasteiger partial charge on any atom is 0.00789 e. The van der Waals surface area contributed by atoms with Crippen molar-refractivity contribution < 1.29 is 0 Å². The molecule has 0 spiro atoms. The van der Waals surface area contributed by atoms with E-state index in [2.05, 4.69) is 18.7 Å². The molecule has 1 heterocycles. The van der Waals surface area contributed by atoms with E-state index in [1.807, 2.05) is 0 Å². The molecule has 1 saturated heterocycles. The molecule has 1 atom stereocenters. The van der Waals surface area contributed by atoms with Crippen LogP contribution in [0.2, 0.25) is 0 Å². The van der Waals surface area contributed by atoms with Crippen LogP contribution in [0.3, 0.4) is 0 Å². The molecule has 0 aromatic carbocycles. The first-order valence-corrected chi connectivity index (χ1v) is 3.08. The van der Waals surface area contributed by atoms with E-state index in [0.29, 0.717) is 0 Å². The van der Waals surface area contributed by atoms with Crippen molar-refractivity contribution >= 4 is 0 Å². The summed E-state index contributed by atoms with van der Waals surface area (Å²) in [5.41, 5.74) is 0. The second kappa shape index (κ2) is 1.83. The highest BCUT2D eigenvalue weighted by Crippen LogP contribution is 2.14. The minimum Gasteiger partial charge on any atom is -0.301 e. The van der Waals surface area contributed by atoms with Gasteiger partial charge in [-0.15, -0.1) is 0 Å². The lowest BCUT2D eigenvalue weighted by atomic mass is 10.1. The van der Waals surface area contributed by atoms with Crippen LogP contribution in [-0.2, 0) is 0 Å². The Balaban J connectivity index is 2.16. The van der Waals surface area contributed by atoms with Crippen LogP contribution in [0.25, 0.3) is 0 Å². The lowest BCUT2D eigenvalue weighted by Gasteiger charge is -2.37. The van der Waals surface area contributed by atoms with Crippen molar-refractivity contribution in [2.45, 2.75) is 26.3 Å². The van der Waals surface area contributed by atoms with Crippen LogP contribution in [0.5, 0.6) is 0 Å². The molecule has 1 nitrogen and oxygen atoms in total. The third-order valence-corrected chi connectivity index (χ3v) is 1.86. The van der Waals surface area contributed by atoms with E-state index in [1.165, 1.54) is 19.5 Å². The van der Waals surface area contributed by atoms with Crippen LogP contribution < -0.4 is 0 Å². The summed E-state index contributed by atoms with van der Waals surface area (Å²) < 4.78 is 0. The molecule has 1 fully saturated rings. The van der Waals surface area contributed by atoms with E-state index >= 15 is 0 Å². The molecule has 42 valence electrons. The average Bonchev–Trinajstić information content (AvgIpc) is 1.65. The minimum absolute atomic E-state index is 0.880. The van der Waals surface area contributed by atoms with E-state index < -0.39 is 0 Å². The second-order valence-electron chi connectivity index (χ2n) is 2.27. The Hall–Kier alpha value is -0.0400. The van der Waals surface area contributed by atoms with Crippen molar-refractivity contribution in [2.24, 2.45) is 0 Å². The van der Waals surface area contributed by atoms with Crippen molar-refractivity contribution in [3.63, 3.8) is 0 Å². The predicted molar refractivity (Wildman–Crippen MR) is 31.3 cm³/mol. The van der Waals surface area contributed by atoms with Crippen molar-refractivity contribution in [3.05, 3.63) is 0 Å². The molecule has 0 aliphatic carbocycles. The zero-order valence-corrected chi connectivity index (χ0v) is 5.15. The monoisotopic (exact) mass is 99.1 g/mol. The molecule has 1 heteroatoms. The summed E-state index contributed by atoms with van der Waals surface area (Å²) in [4.78, 5) is 2.47. The lowest BCUT2D eigenvalue weighted by Crippen LogP contribution is -2.45. The lowest BCUT2D eigenvalue weighted by molar-refractivity contribution is 0.113. The van der Waals surface area contributed by atoms with Crippen LogP contribution in [0.15, 0.2) is 0 Å². The Morgan fingerprint density at radius 3 is 2.43 bits per heavy atom. The van der Waals surface area contributed by atoms with Gasteiger partial charge in [0.15, 0.2) is 0 Å². The predicted octanol–water partition coefficient (Wildman–Crippen LogP) is 1.10. The van der Waals surface area contributed by atoms with E-state index in [4.69, 9.17) is 0 Å². The van der Waals surface area contributed by atoms with Gasteiger partial charge in [0.05, 0.1) is 0 Å². The van der Waals surface area contributed by atoms with E-state index in [0.717, 1.165) is 6.04 Å². The smallest absolute Gasteiger partial charge is 0.00789 e. The third-order valence-electron chi connectivity index (χ3n) is 1.86. The molecular formula is C6H13N. The average molecular weight is 99.2 g/mol. The van der Waals surface area contributed by atoms with Crippen molar-refractivity contribution in [1.82, 2.24) is 4.90 Å². The quantitative estimate of drug-likeness (QED) is 0.476. The van der Waals surface area contributed by atoms with Gasteiger partial charge in [-0.2, -0.15) is 0 Å². The molecule has 0 radical (unpaired) electrons. The number of hydrogen-bond donors (Lipinski definition) is 0. The first-order chi connectivity index (χ1) is 3.34. The number of likely N-dealkylation sites (tertiary alicyclic amines) is 1. The molecule has 1 aliphatic heterocycles. The normalized spacial score (nSPS) is 32.6. The molecule has 1 aliphatic rings. The highest BCUT2D eigenvalue weighted by Gasteiger charge is 2.20. The van der Waals surface area contributed by atoms with Crippen LogP contribution in [0.4, 0.5) is 0 Å². The van der Waals surface area contributed by atoms with Crippen molar-refractivity contribution in [3.8, 4) is 0 Å². The Morgan fingerprint density at radius 1 is 1.71 bits per heavy atom. The van der Waals surface area contributed by atoms with Crippen LogP contribution in [-0.4, -0.2) is 24.0 Å². The Kier molecular flexibility index (Phi) is 1.33. The molecule has 0 aromatic rings. The van der Waals surface area contributed by atoms with Gasteiger partial charge in [0.2, 0.25) is 0 Å². The van der Waals surface area contributed by atoms with Gasteiger partial charge in [0.25, 0.3) is 0 Å². The number of hydrogen-bond acceptors (Lipinski definition) is 1. The van der Waals surface area contributed by atoms with Gasteiger partial charge in [0.1, 0.15) is 0 Å². The fourth-order valence-corrected chi connectivity index (χ4v) is 1.04. The van der Waals surface area contributed by atoms with Gasteiger partial charge in [-0.05, 0) is 26.4 Å². The van der Waals surface area contributed by atoms with E-state index in [1.54, 1.807) is 0 Å². The first kappa shape index (κ1) is 5.10. The van der Waals surface area contributed by atoms with Gasteiger partial charge >= 0.3 is 0 Å². The second-order valence-corrected chi connectivity index (χ2v) is 2.27. The topological polar surface area (TPSA) is 3.24 Å². The highest BCUT2D eigenvalue weighted by atomic mass is 15.2.